The van der Waals surface area contributed by atoms with E-state index >= 15 is 0 Å². The van der Waals surface area contributed by atoms with Crippen LogP contribution in [0, 0.1) is 6.92 Å². The van der Waals surface area contributed by atoms with Crippen LogP contribution >= 0.6 is 0 Å². The van der Waals surface area contributed by atoms with Crippen molar-refractivity contribution in [3.05, 3.63) is 53.0 Å². The number of fused-ring (bicyclic) bond motifs is 3. The van der Waals surface area contributed by atoms with Crippen LogP contribution in [-0.4, -0.2) is 46.2 Å². The molecular formula is C19H20N4O3. The van der Waals surface area contributed by atoms with E-state index < -0.39 is 0 Å². The molecule has 0 aliphatic carbocycles. The van der Waals surface area contributed by atoms with E-state index in [0.29, 0.717) is 30.2 Å². The molecule has 1 amide bonds. The second kappa shape index (κ2) is 6.33. The molecule has 1 aromatic carbocycles. The fraction of sp³-hybridized carbons (Fsp3) is 0.316. The first kappa shape index (κ1) is 16.4. The van der Waals surface area contributed by atoms with Crippen LogP contribution < -0.4 is 9.47 Å². The number of benzene rings is 1. The molecule has 2 aromatic heterocycles. The van der Waals surface area contributed by atoms with Crippen LogP contribution in [0.5, 0.6) is 11.5 Å². The third-order valence-electron chi connectivity index (χ3n) is 4.69. The normalized spacial score (nSPS) is 13.6. The van der Waals surface area contributed by atoms with Crippen LogP contribution in [0.4, 0.5) is 0 Å². The van der Waals surface area contributed by atoms with Crippen molar-refractivity contribution in [3.63, 3.8) is 0 Å². The average molecular weight is 352 g/mol. The molecule has 3 heterocycles. The summed E-state index contributed by atoms with van der Waals surface area (Å²) in [4.78, 5) is 19.2. The summed E-state index contributed by atoms with van der Waals surface area (Å²) in [6.45, 7) is 3.11. The van der Waals surface area contributed by atoms with Crippen molar-refractivity contribution in [1.82, 2.24) is 19.5 Å². The van der Waals surface area contributed by atoms with Crippen LogP contribution in [0.15, 0.2) is 30.5 Å². The van der Waals surface area contributed by atoms with Crippen molar-refractivity contribution in [2.75, 3.05) is 20.8 Å². The number of hydrogen-bond donors (Lipinski definition) is 0. The molecule has 7 heteroatoms. The van der Waals surface area contributed by atoms with Gasteiger partial charge in [-0.3, -0.25) is 4.79 Å². The van der Waals surface area contributed by atoms with Gasteiger partial charge < -0.3 is 14.4 Å². The summed E-state index contributed by atoms with van der Waals surface area (Å²) in [5.74, 6) is 1.12. The number of ether oxygens (including phenoxy) is 2. The summed E-state index contributed by atoms with van der Waals surface area (Å²) in [6, 6.07) is 7.19. The second-order valence-electron chi connectivity index (χ2n) is 6.33. The molecule has 0 saturated carbocycles. The smallest absolute Gasteiger partial charge is 0.254 e. The minimum atomic E-state index is -0.0339. The highest BCUT2D eigenvalue weighted by molar-refractivity contribution is 5.95. The molecule has 3 aromatic rings. The molecule has 1 aliphatic rings. The number of nitrogens with zero attached hydrogens (tertiary/aromatic N) is 4. The molecule has 134 valence electrons. The Kier molecular flexibility index (Phi) is 3.99. The van der Waals surface area contributed by atoms with E-state index in [-0.39, 0.29) is 5.91 Å². The van der Waals surface area contributed by atoms with Crippen LogP contribution in [0.1, 0.15) is 27.3 Å². The molecule has 26 heavy (non-hydrogen) atoms. The van der Waals surface area contributed by atoms with Crippen molar-refractivity contribution >= 4 is 11.6 Å². The summed E-state index contributed by atoms with van der Waals surface area (Å²) in [6.07, 6.45) is 2.59. The van der Waals surface area contributed by atoms with Gasteiger partial charge in [0.1, 0.15) is 0 Å². The van der Waals surface area contributed by atoms with Crippen molar-refractivity contribution < 1.29 is 14.3 Å². The zero-order valence-corrected chi connectivity index (χ0v) is 15.0. The summed E-state index contributed by atoms with van der Waals surface area (Å²) in [5.41, 5.74) is 4.52. The first-order chi connectivity index (χ1) is 12.6. The highest BCUT2D eigenvalue weighted by Gasteiger charge is 2.25. The van der Waals surface area contributed by atoms with Gasteiger partial charge in [0.25, 0.3) is 5.91 Å². The van der Waals surface area contributed by atoms with Gasteiger partial charge in [0.2, 0.25) is 0 Å². The number of hydrogen-bond acceptors (Lipinski definition) is 5. The number of aromatic nitrogens is 3. The van der Waals surface area contributed by atoms with E-state index in [1.165, 1.54) is 0 Å². The molecule has 4 rings (SSSR count). The van der Waals surface area contributed by atoms with Gasteiger partial charge in [0, 0.05) is 42.9 Å². The van der Waals surface area contributed by atoms with Gasteiger partial charge in [0.05, 0.1) is 25.6 Å². The molecule has 0 fully saturated rings. The molecule has 0 bridgehead atoms. The quantitative estimate of drug-likeness (QED) is 0.723. The summed E-state index contributed by atoms with van der Waals surface area (Å²) in [5, 5.41) is 4.52. The zero-order valence-electron chi connectivity index (χ0n) is 15.0. The Morgan fingerprint density at radius 1 is 1.15 bits per heavy atom. The lowest BCUT2D eigenvalue weighted by molar-refractivity contribution is 0.0732. The maximum absolute atomic E-state index is 12.9. The third-order valence-corrected chi connectivity index (χ3v) is 4.69. The first-order valence-electron chi connectivity index (χ1n) is 8.45. The fourth-order valence-electron chi connectivity index (χ4n) is 3.38. The van der Waals surface area contributed by atoms with E-state index in [1.54, 1.807) is 32.4 Å². The maximum atomic E-state index is 12.9. The minimum absolute atomic E-state index is 0.0339. The van der Waals surface area contributed by atoms with Crippen LogP contribution in [0.2, 0.25) is 0 Å². The number of aryl methyl sites for hydroxylation is 1. The highest BCUT2D eigenvalue weighted by Crippen LogP contribution is 2.29. The minimum Gasteiger partial charge on any atom is -0.493 e. The predicted molar refractivity (Wildman–Crippen MR) is 95.7 cm³/mol. The Labute approximate surface area is 151 Å². The number of methoxy groups -OCH3 is 2. The first-order valence-corrected chi connectivity index (χ1v) is 8.45. The Hall–Kier alpha value is -3.09. The van der Waals surface area contributed by atoms with Gasteiger partial charge in [0.15, 0.2) is 17.1 Å². The SMILES string of the molecule is COc1ccc(C(=O)N2CCc3c(cnc4cc(C)nn34)C2)cc1OC. The Morgan fingerprint density at radius 2 is 1.96 bits per heavy atom. The van der Waals surface area contributed by atoms with E-state index in [1.807, 2.05) is 28.6 Å². The highest BCUT2D eigenvalue weighted by atomic mass is 16.5. The van der Waals surface area contributed by atoms with E-state index in [2.05, 4.69) is 10.1 Å². The van der Waals surface area contributed by atoms with Crippen molar-refractivity contribution in [3.8, 4) is 11.5 Å². The third kappa shape index (κ3) is 2.65. The Morgan fingerprint density at radius 3 is 2.73 bits per heavy atom. The van der Waals surface area contributed by atoms with Gasteiger partial charge in [-0.2, -0.15) is 5.10 Å². The summed E-state index contributed by atoms with van der Waals surface area (Å²) < 4.78 is 12.4. The number of amides is 1. The summed E-state index contributed by atoms with van der Waals surface area (Å²) >= 11 is 0. The van der Waals surface area contributed by atoms with E-state index in [0.717, 1.165) is 29.0 Å². The summed E-state index contributed by atoms with van der Waals surface area (Å²) in [7, 11) is 3.14. The van der Waals surface area contributed by atoms with Crippen molar-refractivity contribution in [2.24, 2.45) is 0 Å². The fourth-order valence-corrected chi connectivity index (χ4v) is 3.38. The Balaban J connectivity index is 1.62. The van der Waals surface area contributed by atoms with Gasteiger partial charge in [-0.05, 0) is 25.1 Å². The average Bonchev–Trinajstić information content (AvgIpc) is 3.07. The molecule has 7 nitrogen and oxygen atoms in total. The van der Waals surface area contributed by atoms with Gasteiger partial charge >= 0.3 is 0 Å². The topological polar surface area (TPSA) is 69.0 Å². The number of rotatable bonds is 3. The molecule has 0 saturated heterocycles. The molecule has 0 spiro atoms. The zero-order chi connectivity index (χ0) is 18.3. The van der Waals surface area contributed by atoms with Crippen LogP contribution in [0.25, 0.3) is 5.65 Å². The van der Waals surface area contributed by atoms with Gasteiger partial charge in [-0.1, -0.05) is 0 Å². The lowest BCUT2D eigenvalue weighted by atomic mass is 10.1. The monoisotopic (exact) mass is 352 g/mol. The molecular weight excluding hydrogens is 332 g/mol. The van der Waals surface area contributed by atoms with Gasteiger partial charge in [-0.15, -0.1) is 0 Å². The lowest BCUT2D eigenvalue weighted by Crippen LogP contribution is -2.37. The second-order valence-corrected chi connectivity index (χ2v) is 6.33. The largest absolute Gasteiger partial charge is 0.493 e. The maximum Gasteiger partial charge on any atom is 0.254 e. The number of carbonyl (C=O) groups excluding carboxylic acids is 1. The van der Waals surface area contributed by atoms with E-state index in [4.69, 9.17) is 9.47 Å². The van der Waals surface area contributed by atoms with Crippen molar-refractivity contribution in [2.45, 2.75) is 19.9 Å². The van der Waals surface area contributed by atoms with Crippen LogP contribution in [-0.2, 0) is 13.0 Å². The lowest BCUT2D eigenvalue weighted by Gasteiger charge is -2.29. The van der Waals surface area contributed by atoms with Crippen molar-refractivity contribution in [1.29, 1.82) is 0 Å². The molecule has 0 radical (unpaired) electrons. The van der Waals surface area contributed by atoms with Gasteiger partial charge in [-0.25, -0.2) is 9.50 Å². The predicted octanol–water partition coefficient (Wildman–Crippen LogP) is 2.25. The molecule has 1 aliphatic heterocycles. The molecule has 0 unspecified atom stereocenters. The molecule has 0 atom stereocenters. The standard InChI is InChI=1S/C19H20N4O3/c1-12-8-18-20-10-14-11-22(7-6-15(14)23(18)21-12)19(24)13-4-5-16(25-2)17(9-13)26-3/h4-5,8-10H,6-7,11H2,1-3H3. The Bertz CT molecular complexity index is 996. The van der Waals surface area contributed by atoms with E-state index in [9.17, 15) is 4.79 Å². The number of carbonyl (C=O) groups is 1. The van der Waals surface area contributed by atoms with Crippen LogP contribution in [0.3, 0.4) is 0 Å². The molecule has 0 N–H and O–H groups in total.